The molecule has 1 saturated carbocycles. The highest BCUT2D eigenvalue weighted by Crippen LogP contribution is 2.40. The number of benzene rings is 1. The fraction of sp³-hybridized carbons (Fsp3) is 0.357. The van der Waals surface area contributed by atoms with Crippen molar-refractivity contribution < 1.29 is 26.9 Å². The summed E-state index contributed by atoms with van der Waals surface area (Å²) in [6, 6.07) is 2.80. The van der Waals surface area contributed by atoms with Crippen LogP contribution in [0, 0.1) is 0 Å². The van der Waals surface area contributed by atoms with Crippen LogP contribution >= 0.6 is 0 Å². The van der Waals surface area contributed by atoms with Gasteiger partial charge in [-0.1, -0.05) is 6.58 Å². The van der Waals surface area contributed by atoms with Gasteiger partial charge in [0, 0.05) is 6.07 Å². The zero-order valence-corrected chi connectivity index (χ0v) is 12.2. The van der Waals surface area contributed by atoms with Crippen molar-refractivity contribution in [3.8, 4) is 17.2 Å². The Balaban J connectivity index is 2.04. The van der Waals surface area contributed by atoms with E-state index in [0.717, 1.165) is 0 Å². The van der Waals surface area contributed by atoms with Crippen LogP contribution in [0.15, 0.2) is 24.3 Å². The molecule has 0 unspecified atom stereocenters. The number of fused-ring (bicyclic) bond motifs is 1. The van der Waals surface area contributed by atoms with Gasteiger partial charge in [0.25, 0.3) is 0 Å². The maximum absolute atomic E-state index is 12.2. The lowest BCUT2D eigenvalue weighted by molar-refractivity contribution is 0.103. The number of allylic oxidation sites excluding steroid dienone is 1. The maximum atomic E-state index is 12.2. The summed E-state index contributed by atoms with van der Waals surface area (Å²) in [7, 11) is -3.72. The minimum absolute atomic E-state index is 0.0227. The Labute approximate surface area is 122 Å². The molecule has 1 heterocycles. The zero-order valence-electron chi connectivity index (χ0n) is 11.4. The van der Waals surface area contributed by atoms with Gasteiger partial charge in [0.05, 0.1) is 10.8 Å². The molecule has 0 atom stereocenters. The number of ether oxygens (including phenoxy) is 2. The average Bonchev–Trinajstić information content (AvgIpc) is 3.18. The van der Waals surface area contributed by atoms with E-state index in [1.165, 1.54) is 12.1 Å². The monoisotopic (exact) mass is 310 g/mol. The molecular formula is C14H14O6S. The topological polar surface area (TPSA) is 78.9 Å². The molecule has 1 aromatic carbocycles. The predicted octanol–water partition coefficient (Wildman–Crippen LogP) is 2.05. The third kappa shape index (κ3) is 2.61. The van der Waals surface area contributed by atoms with Crippen LogP contribution in [0.4, 0.5) is 0 Å². The van der Waals surface area contributed by atoms with Crippen molar-refractivity contribution in [2.75, 3.05) is 6.79 Å². The van der Waals surface area contributed by atoms with E-state index < -0.39 is 21.2 Å². The van der Waals surface area contributed by atoms with E-state index in [2.05, 4.69) is 6.58 Å². The van der Waals surface area contributed by atoms with Gasteiger partial charge in [-0.3, -0.25) is 4.79 Å². The van der Waals surface area contributed by atoms with Gasteiger partial charge in [-0.05, 0) is 31.4 Å². The highest BCUT2D eigenvalue weighted by atomic mass is 32.2. The van der Waals surface area contributed by atoms with Crippen LogP contribution in [-0.4, -0.2) is 26.2 Å². The lowest BCUT2D eigenvalue weighted by Crippen LogP contribution is -2.16. The molecule has 0 bridgehead atoms. The van der Waals surface area contributed by atoms with Crippen LogP contribution in [0.2, 0.25) is 0 Å². The van der Waals surface area contributed by atoms with Gasteiger partial charge in [-0.2, -0.15) is 8.42 Å². The molecule has 1 fully saturated rings. The van der Waals surface area contributed by atoms with E-state index in [0.29, 0.717) is 24.3 Å². The molecule has 1 aliphatic heterocycles. The Morgan fingerprint density at radius 3 is 2.48 bits per heavy atom. The van der Waals surface area contributed by atoms with Crippen molar-refractivity contribution in [2.45, 2.75) is 25.0 Å². The zero-order chi connectivity index (χ0) is 15.2. The Bertz CT molecular complexity index is 730. The van der Waals surface area contributed by atoms with E-state index in [9.17, 15) is 13.2 Å². The molecule has 2 aliphatic rings. The second-order valence-corrected chi connectivity index (χ2v) is 6.91. The summed E-state index contributed by atoms with van der Waals surface area (Å²) in [5, 5.41) is -0.490. The first-order chi connectivity index (χ1) is 9.88. The number of carbonyl (C=O) groups excluding carboxylic acids is 1. The molecule has 0 N–H and O–H groups in total. The van der Waals surface area contributed by atoms with Crippen LogP contribution in [0.5, 0.6) is 17.2 Å². The van der Waals surface area contributed by atoms with Crippen molar-refractivity contribution >= 4 is 15.9 Å². The number of carbonyl (C=O) groups is 1. The number of ketones is 1. The summed E-state index contributed by atoms with van der Waals surface area (Å²) in [6.45, 7) is 5.15. The number of hydrogen-bond acceptors (Lipinski definition) is 6. The number of rotatable bonds is 5. The van der Waals surface area contributed by atoms with Crippen molar-refractivity contribution in [1.82, 2.24) is 0 Å². The van der Waals surface area contributed by atoms with Crippen molar-refractivity contribution in [1.29, 1.82) is 0 Å². The lowest BCUT2D eigenvalue weighted by Gasteiger charge is -2.11. The van der Waals surface area contributed by atoms with Crippen LogP contribution in [-0.2, 0) is 10.1 Å². The first-order valence-electron chi connectivity index (χ1n) is 6.45. The minimum Gasteiger partial charge on any atom is -0.454 e. The van der Waals surface area contributed by atoms with Gasteiger partial charge >= 0.3 is 10.1 Å². The summed E-state index contributed by atoms with van der Waals surface area (Å²) in [5.41, 5.74) is 0.388. The predicted molar refractivity (Wildman–Crippen MR) is 74.3 cm³/mol. The molecule has 0 radical (unpaired) electrons. The van der Waals surface area contributed by atoms with E-state index in [1.807, 2.05) is 0 Å². The Morgan fingerprint density at radius 2 is 1.90 bits per heavy atom. The Hall–Kier alpha value is -2.02. The molecule has 3 rings (SSSR count). The second-order valence-electron chi connectivity index (χ2n) is 5.09. The van der Waals surface area contributed by atoms with E-state index in [1.54, 1.807) is 6.92 Å². The maximum Gasteiger partial charge on any atom is 0.312 e. The summed E-state index contributed by atoms with van der Waals surface area (Å²) >= 11 is 0. The fourth-order valence-corrected chi connectivity index (χ4v) is 3.19. The SMILES string of the molecule is C=C(C)C(=O)c1cc2c(cc1OS(=O)(=O)C1CC1)OCO2. The fourth-order valence-electron chi connectivity index (χ4n) is 1.95. The number of hydrogen-bond donors (Lipinski definition) is 0. The van der Waals surface area contributed by atoms with Gasteiger partial charge < -0.3 is 13.7 Å². The highest BCUT2D eigenvalue weighted by Gasteiger charge is 2.38. The molecule has 6 nitrogen and oxygen atoms in total. The third-order valence-corrected chi connectivity index (χ3v) is 4.95. The summed E-state index contributed by atoms with van der Waals surface area (Å²) < 4.78 is 39.5. The quantitative estimate of drug-likeness (QED) is 0.470. The van der Waals surface area contributed by atoms with E-state index >= 15 is 0 Å². The Morgan fingerprint density at radius 1 is 1.29 bits per heavy atom. The van der Waals surface area contributed by atoms with E-state index in [-0.39, 0.29) is 23.7 Å². The minimum atomic E-state index is -3.72. The molecule has 1 aromatic rings. The molecule has 1 aliphatic carbocycles. The molecule has 0 saturated heterocycles. The molecule has 0 spiro atoms. The van der Waals surface area contributed by atoms with Crippen molar-refractivity contribution in [3.63, 3.8) is 0 Å². The molecular weight excluding hydrogens is 296 g/mol. The smallest absolute Gasteiger partial charge is 0.312 e. The molecule has 0 aromatic heterocycles. The van der Waals surface area contributed by atoms with Gasteiger partial charge in [0.1, 0.15) is 0 Å². The molecule has 0 amide bonds. The van der Waals surface area contributed by atoms with Crippen LogP contribution in [0.3, 0.4) is 0 Å². The first-order valence-corrected chi connectivity index (χ1v) is 7.93. The number of Topliss-reactive ketones (excluding diaryl/α,β-unsaturated/α-hetero) is 1. The van der Waals surface area contributed by atoms with E-state index in [4.69, 9.17) is 13.7 Å². The largest absolute Gasteiger partial charge is 0.454 e. The average molecular weight is 310 g/mol. The normalized spacial score (nSPS) is 16.6. The van der Waals surface area contributed by atoms with Gasteiger partial charge in [0.2, 0.25) is 6.79 Å². The van der Waals surface area contributed by atoms with Crippen molar-refractivity contribution in [2.24, 2.45) is 0 Å². The first kappa shape index (κ1) is 13.9. The standard InChI is InChI=1S/C14H14O6S/c1-8(2)14(15)10-5-12-13(19-7-18-12)6-11(10)20-21(16,17)9-3-4-9/h5-6,9H,1,3-4,7H2,2H3. The second kappa shape index (κ2) is 4.77. The van der Waals surface area contributed by atoms with Gasteiger partial charge in [0.15, 0.2) is 23.0 Å². The van der Waals surface area contributed by atoms with Crippen LogP contribution < -0.4 is 13.7 Å². The molecule has 21 heavy (non-hydrogen) atoms. The van der Waals surface area contributed by atoms with Crippen LogP contribution in [0.1, 0.15) is 30.1 Å². The molecule has 7 heteroatoms. The van der Waals surface area contributed by atoms with Crippen molar-refractivity contribution in [3.05, 3.63) is 29.8 Å². The summed E-state index contributed by atoms with van der Waals surface area (Å²) in [4.78, 5) is 12.2. The lowest BCUT2D eigenvalue weighted by atomic mass is 10.0. The Kier molecular flexibility index (Phi) is 3.16. The van der Waals surface area contributed by atoms with Gasteiger partial charge in [-0.25, -0.2) is 0 Å². The third-order valence-electron chi connectivity index (χ3n) is 3.25. The highest BCUT2D eigenvalue weighted by molar-refractivity contribution is 7.88. The summed E-state index contributed by atoms with van der Waals surface area (Å²) in [6.07, 6.45) is 1.16. The summed E-state index contributed by atoms with van der Waals surface area (Å²) in [5.74, 6) is 0.304. The van der Waals surface area contributed by atoms with Gasteiger partial charge in [-0.15, -0.1) is 0 Å². The molecule has 112 valence electrons. The van der Waals surface area contributed by atoms with Crippen LogP contribution in [0.25, 0.3) is 0 Å².